The van der Waals surface area contributed by atoms with Gasteiger partial charge in [-0.25, -0.2) is 9.97 Å². The number of nitrogens with one attached hydrogen (secondary N) is 2. The molecule has 1 aliphatic heterocycles. The first kappa shape index (κ1) is 15.4. The average molecular weight is 316 g/mol. The molecule has 0 saturated carbocycles. The second-order valence-electron chi connectivity index (χ2n) is 5.42. The molecular formula is C15H20N6O2. The summed E-state index contributed by atoms with van der Waals surface area (Å²) >= 11 is 0. The van der Waals surface area contributed by atoms with Gasteiger partial charge in [0.1, 0.15) is 17.3 Å². The van der Waals surface area contributed by atoms with Gasteiger partial charge in [-0.3, -0.25) is 9.89 Å². The fraction of sp³-hybridized carbons (Fsp3) is 0.467. The van der Waals surface area contributed by atoms with Crippen LogP contribution in [0.25, 0.3) is 0 Å². The lowest BCUT2D eigenvalue weighted by molar-refractivity contribution is 0.0444. The fourth-order valence-corrected chi connectivity index (χ4v) is 2.60. The number of amides is 1. The van der Waals surface area contributed by atoms with Crippen LogP contribution >= 0.6 is 0 Å². The average Bonchev–Trinajstić information content (AvgIpc) is 3.00. The molecular weight excluding hydrogens is 296 g/mol. The number of hydrogen-bond donors (Lipinski definition) is 2. The normalized spacial score (nSPS) is 17.0. The third kappa shape index (κ3) is 3.31. The highest BCUT2D eigenvalue weighted by Crippen LogP contribution is 2.33. The van der Waals surface area contributed by atoms with Crippen molar-refractivity contribution in [3.05, 3.63) is 35.5 Å². The predicted molar refractivity (Wildman–Crippen MR) is 84.1 cm³/mol. The summed E-state index contributed by atoms with van der Waals surface area (Å²) in [6.45, 7) is 3.85. The second-order valence-corrected chi connectivity index (χ2v) is 5.42. The number of carbonyl (C=O) groups excluding carboxylic acids is 1. The summed E-state index contributed by atoms with van der Waals surface area (Å²) in [5, 5.41) is 9.75. The summed E-state index contributed by atoms with van der Waals surface area (Å²) in [5.41, 5.74) is 1.36. The van der Waals surface area contributed by atoms with Crippen LogP contribution in [0.2, 0.25) is 0 Å². The molecule has 8 nitrogen and oxygen atoms in total. The molecule has 2 aromatic heterocycles. The van der Waals surface area contributed by atoms with E-state index in [0.717, 1.165) is 24.5 Å². The summed E-state index contributed by atoms with van der Waals surface area (Å²) in [5.74, 6) is 1.39. The number of likely N-dealkylation sites (tertiary alicyclic amines) is 1. The minimum Gasteiger partial charge on any atom is -0.383 e. The summed E-state index contributed by atoms with van der Waals surface area (Å²) in [6, 6.07) is 3.57. The smallest absolute Gasteiger partial charge is 0.272 e. The molecule has 0 spiro atoms. The first-order chi connectivity index (χ1) is 11.2. The standard InChI is InChI=1S/C15H20N6O2/c1-10-18-12(9-14(19-10)16-6-8-23-2)13-4-7-21(13)15(22)11-3-5-17-20-11/h3,5,9,13H,4,6-8H2,1-2H3,(H,17,20)(H,16,18,19). The molecule has 8 heteroatoms. The molecule has 3 rings (SSSR count). The molecule has 0 aromatic carbocycles. The molecule has 2 aromatic rings. The van der Waals surface area contributed by atoms with Crippen LogP contribution in [0.15, 0.2) is 18.3 Å². The summed E-state index contributed by atoms with van der Waals surface area (Å²) in [6.07, 6.45) is 2.47. The van der Waals surface area contributed by atoms with Crippen LogP contribution in [0.4, 0.5) is 5.82 Å². The van der Waals surface area contributed by atoms with Crippen LogP contribution in [-0.4, -0.2) is 57.8 Å². The number of rotatable bonds is 6. The van der Waals surface area contributed by atoms with Crippen molar-refractivity contribution < 1.29 is 9.53 Å². The third-order valence-corrected chi connectivity index (χ3v) is 3.82. The van der Waals surface area contributed by atoms with Gasteiger partial charge in [0.2, 0.25) is 0 Å². The van der Waals surface area contributed by atoms with Crippen LogP contribution in [0.1, 0.15) is 34.5 Å². The molecule has 23 heavy (non-hydrogen) atoms. The number of ether oxygens (including phenoxy) is 1. The lowest BCUT2D eigenvalue weighted by atomic mass is 9.98. The van der Waals surface area contributed by atoms with Crippen LogP contribution < -0.4 is 5.32 Å². The van der Waals surface area contributed by atoms with Crippen LogP contribution in [0, 0.1) is 6.92 Å². The van der Waals surface area contributed by atoms with Gasteiger partial charge in [0, 0.05) is 32.5 Å². The van der Waals surface area contributed by atoms with E-state index in [-0.39, 0.29) is 11.9 Å². The third-order valence-electron chi connectivity index (χ3n) is 3.82. The maximum absolute atomic E-state index is 12.4. The van der Waals surface area contributed by atoms with Gasteiger partial charge >= 0.3 is 0 Å². The zero-order chi connectivity index (χ0) is 16.2. The van der Waals surface area contributed by atoms with Gasteiger partial charge in [0.05, 0.1) is 18.3 Å². The molecule has 0 aliphatic carbocycles. The predicted octanol–water partition coefficient (Wildman–Crippen LogP) is 1.15. The van der Waals surface area contributed by atoms with E-state index in [1.54, 1.807) is 24.3 Å². The quantitative estimate of drug-likeness (QED) is 0.776. The Bertz CT molecular complexity index is 673. The van der Waals surface area contributed by atoms with Gasteiger partial charge in [-0.15, -0.1) is 0 Å². The maximum atomic E-state index is 12.4. The Kier molecular flexibility index (Phi) is 4.52. The molecule has 3 heterocycles. The van der Waals surface area contributed by atoms with Gasteiger partial charge in [-0.1, -0.05) is 0 Å². The number of hydrogen-bond acceptors (Lipinski definition) is 6. The van der Waals surface area contributed by atoms with Crippen molar-refractivity contribution in [1.82, 2.24) is 25.1 Å². The summed E-state index contributed by atoms with van der Waals surface area (Å²) < 4.78 is 5.03. The number of anilines is 1. The number of methoxy groups -OCH3 is 1. The molecule has 2 N–H and O–H groups in total. The van der Waals surface area contributed by atoms with Crippen molar-refractivity contribution in [2.45, 2.75) is 19.4 Å². The SMILES string of the molecule is COCCNc1cc(C2CCN2C(=O)c2ccn[nH]2)nc(C)n1. The van der Waals surface area contributed by atoms with E-state index in [0.29, 0.717) is 24.7 Å². The van der Waals surface area contributed by atoms with Crippen molar-refractivity contribution >= 4 is 11.7 Å². The zero-order valence-corrected chi connectivity index (χ0v) is 13.2. The molecule has 122 valence electrons. The van der Waals surface area contributed by atoms with Gasteiger partial charge in [0.25, 0.3) is 5.91 Å². The van der Waals surface area contributed by atoms with E-state index >= 15 is 0 Å². The van der Waals surface area contributed by atoms with Gasteiger partial charge in [-0.05, 0) is 19.4 Å². The second kappa shape index (κ2) is 6.74. The monoisotopic (exact) mass is 316 g/mol. The summed E-state index contributed by atoms with van der Waals surface area (Å²) in [4.78, 5) is 23.1. The highest BCUT2D eigenvalue weighted by Gasteiger charge is 2.35. The summed E-state index contributed by atoms with van der Waals surface area (Å²) in [7, 11) is 1.66. The molecule has 0 radical (unpaired) electrons. The van der Waals surface area contributed by atoms with Crippen molar-refractivity contribution in [3.63, 3.8) is 0 Å². The van der Waals surface area contributed by atoms with E-state index in [9.17, 15) is 4.79 Å². The minimum absolute atomic E-state index is 0.0181. The van der Waals surface area contributed by atoms with Gasteiger partial charge in [0.15, 0.2) is 0 Å². The van der Waals surface area contributed by atoms with Crippen LogP contribution in [0.3, 0.4) is 0 Å². The van der Waals surface area contributed by atoms with E-state index in [1.807, 2.05) is 13.0 Å². The largest absolute Gasteiger partial charge is 0.383 e. The van der Waals surface area contributed by atoms with E-state index in [1.165, 1.54) is 0 Å². The van der Waals surface area contributed by atoms with Crippen molar-refractivity contribution in [3.8, 4) is 0 Å². The number of nitrogens with zero attached hydrogens (tertiary/aromatic N) is 4. The fourth-order valence-electron chi connectivity index (χ4n) is 2.60. The number of H-pyrrole nitrogens is 1. The molecule has 1 fully saturated rings. The first-order valence-corrected chi connectivity index (χ1v) is 7.58. The first-order valence-electron chi connectivity index (χ1n) is 7.58. The Morgan fingerprint density at radius 3 is 3.04 bits per heavy atom. The van der Waals surface area contributed by atoms with Crippen molar-refractivity contribution in [1.29, 1.82) is 0 Å². The molecule has 1 amide bonds. The highest BCUT2D eigenvalue weighted by molar-refractivity contribution is 5.93. The zero-order valence-electron chi connectivity index (χ0n) is 13.2. The van der Waals surface area contributed by atoms with Crippen molar-refractivity contribution in [2.75, 3.05) is 32.1 Å². The number of aromatic nitrogens is 4. The Hall–Kier alpha value is -2.48. The van der Waals surface area contributed by atoms with Gasteiger partial charge < -0.3 is 15.0 Å². The Morgan fingerprint density at radius 1 is 1.52 bits per heavy atom. The Morgan fingerprint density at radius 2 is 2.39 bits per heavy atom. The lowest BCUT2D eigenvalue weighted by Crippen LogP contribution is -2.45. The molecule has 1 saturated heterocycles. The van der Waals surface area contributed by atoms with Crippen LogP contribution in [-0.2, 0) is 4.74 Å². The minimum atomic E-state index is -0.0519. The van der Waals surface area contributed by atoms with E-state index in [2.05, 4.69) is 25.5 Å². The topological polar surface area (TPSA) is 96.0 Å². The van der Waals surface area contributed by atoms with Gasteiger partial charge in [-0.2, -0.15) is 5.10 Å². The number of carbonyl (C=O) groups is 1. The molecule has 1 unspecified atom stereocenters. The number of aromatic amines is 1. The van der Waals surface area contributed by atoms with Crippen LogP contribution in [0.5, 0.6) is 0 Å². The van der Waals surface area contributed by atoms with Crippen molar-refractivity contribution in [2.24, 2.45) is 0 Å². The highest BCUT2D eigenvalue weighted by atomic mass is 16.5. The Labute approximate surface area is 134 Å². The number of aryl methyl sites for hydroxylation is 1. The maximum Gasteiger partial charge on any atom is 0.272 e. The molecule has 1 aliphatic rings. The molecule has 0 bridgehead atoms. The Balaban J connectivity index is 1.74. The van der Waals surface area contributed by atoms with E-state index < -0.39 is 0 Å². The lowest BCUT2D eigenvalue weighted by Gasteiger charge is -2.40. The van der Waals surface area contributed by atoms with E-state index in [4.69, 9.17) is 4.74 Å². The molecule has 1 atom stereocenters.